The molecule has 0 spiro atoms. The fourth-order valence-electron chi connectivity index (χ4n) is 3.41. The number of hydrogen-bond donors (Lipinski definition) is 0. The van der Waals surface area contributed by atoms with Crippen molar-refractivity contribution >= 4 is 43.3 Å². The number of hydrogen-bond acceptors (Lipinski definition) is 2. The molecule has 2 heteroatoms. The summed E-state index contributed by atoms with van der Waals surface area (Å²) >= 11 is 0. The van der Waals surface area contributed by atoms with Gasteiger partial charge >= 0.3 is 0 Å². The summed E-state index contributed by atoms with van der Waals surface area (Å²) in [5.41, 5.74) is 1.61. The number of furan rings is 1. The Bertz CT molecular complexity index is 1270. The molecule has 2 nitrogen and oxygen atoms in total. The van der Waals surface area contributed by atoms with Gasteiger partial charge in [-0.05, 0) is 68.7 Å². The lowest BCUT2D eigenvalue weighted by atomic mass is 9.96. The van der Waals surface area contributed by atoms with Crippen LogP contribution in [0.2, 0.25) is 0 Å². The summed E-state index contributed by atoms with van der Waals surface area (Å²) in [7, 11) is 0. The largest absolute Gasteiger partial charge is 0.464 e. The second-order valence-electron chi connectivity index (χ2n) is 5.81. The predicted molar refractivity (Wildman–Crippen MR) is 93.4 cm³/mol. The van der Waals surface area contributed by atoms with E-state index in [4.69, 9.17) is 9.68 Å². The summed E-state index contributed by atoms with van der Waals surface area (Å²) < 4.78 is 5.50. The molecule has 4 aromatic carbocycles. The normalized spacial score (nSPS) is 11.4. The van der Waals surface area contributed by atoms with Crippen LogP contribution >= 0.6 is 0 Å². The van der Waals surface area contributed by atoms with E-state index in [-0.39, 0.29) is 0 Å². The second kappa shape index (κ2) is 4.34. The van der Waals surface area contributed by atoms with Crippen LogP contribution in [0.4, 0.5) is 0 Å². The summed E-state index contributed by atoms with van der Waals surface area (Å²) in [4.78, 5) is 0. The Labute approximate surface area is 132 Å². The van der Waals surface area contributed by atoms with Crippen LogP contribution < -0.4 is 0 Å². The molecule has 106 valence electrons. The second-order valence-corrected chi connectivity index (χ2v) is 5.81. The van der Waals surface area contributed by atoms with Crippen molar-refractivity contribution in [2.24, 2.45) is 0 Å². The van der Waals surface area contributed by atoms with Gasteiger partial charge in [-0.2, -0.15) is 5.26 Å². The van der Waals surface area contributed by atoms with Crippen LogP contribution in [0.5, 0.6) is 0 Å². The van der Waals surface area contributed by atoms with Gasteiger partial charge in [0.05, 0.1) is 17.9 Å². The van der Waals surface area contributed by atoms with Crippen LogP contribution in [0.1, 0.15) is 5.56 Å². The number of nitriles is 1. The molecule has 1 heterocycles. The number of rotatable bonds is 0. The van der Waals surface area contributed by atoms with Crippen molar-refractivity contribution in [3.05, 3.63) is 72.5 Å². The molecule has 23 heavy (non-hydrogen) atoms. The molecule has 5 rings (SSSR count). The van der Waals surface area contributed by atoms with Gasteiger partial charge in [-0.25, -0.2) is 0 Å². The fourth-order valence-corrected chi connectivity index (χ4v) is 3.41. The Kier molecular flexibility index (Phi) is 2.32. The van der Waals surface area contributed by atoms with E-state index in [2.05, 4.69) is 36.4 Å². The topological polar surface area (TPSA) is 36.9 Å². The molecule has 0 bridgehead atoms. The van der Waals surface area contributed by atoms with Gasteiger partial charge in [0.15, 0.2) is 0 Å². The molecule has 0 atom stereocenters. The third-order valence-corrected chi connectivity index (χ3v) is 4.53. The minimum absolute atomic E-state index is 0.692. The maximum Gasteiger partial charge on any atom is 0.134 e. The molecule has 0 amide bonds. The summed E-state index contributed by atoms with van der Waals surface area (Å²) in [5.74, 6) is 0. The predicted octanol–water partition coefficient (Wildman–Crippen LogP) is 5.76. The summed E-state index contributed by atoms with van der Waals surface area (Å²) in [6, 6.07) is 22.9. The molecule has 0 fully saturated rings. The van der Waals surface area contributed by atoms with Crippen LogP contribution in [0, 0.1) is 11.3 Å². The van der Waals surface area contributed by atoms with Crippen LogP contribution in [0.25, 0.3) is 43.3 Å². The van der Waals surface area contributed by atoms with Crippen molar-refractivity contribution < 1.29 is 4.42 Å². The van der Waals surface area contributed by atoms with Gasteiger partial charge in [-0.3, -0.25) is 0 Å². The minimum Gasteiger partial charge on any atom is -0.464 e. The lowest BCUT2D eigenvalue weighted by molar-refractivity contribution is 0.616. The molecule has 0 aliphatic rings. The third-order valence-electron chi connectivity index (χ3n) is 4.53. The van der Waals surface area contributed by atoms with E-state index in [0.717, 1.165) is 21.7 Å². The summed E-state index contributed by atoms with van der Waals surface area (Å²) in [6.07, 6.45) is 1.73. The van der Waals surface area contributed by atoms with Crippen LogP contribution in [0.3, 0.4) is 0 Å². The van der Waals surface area contributed by atoms with Crippen molar-refractivity contribution in [1.82, 2.24) is 0 Å². The highest BCUT2D eigenvalue weighted by Crippen LogP contribution is 2.33. The Hall–Kier alpha value is -3.31. The van der Waals surface area contributed by atoms with E-state index in [0.29, 0.717) is 5.56 Å². The lowest BCUT2D eigenvalue weighted by Gasteiger charge is -2.07. The molecular weight excluding hydrogens is 282 g/mol. The molecule has 0 aliphatic heterocycles. The lowest BCUT2D eigenvalue weighted by Crippen LogP contribution is -1.82. The number of benzene rings is 4. The Morgan fingerprint density at radius 1 is 0.652 bits per heavy atom. The quantitative estimate of drug-likeness (QED) is 0.269. The summed E-state index contributed by atoms with van der Waals surface area (Å²) in [5, 5.41) is 17.3. The first-order valence-electron chi connectivity index (χ1n) is 7.50. The highest BCUT2D eigenvalue weighted by molar-refractivity contribution is 6.18. The highest BCUT2D eigenvalue weighted by Gasteiger charge is 2.07. The molecule has 0 saturated heterocycles. The van der Waals surface area contributed by atoms with Gasteiger partial charge in [0.1, 0.15) is 5.58 Å². The van der Waals surface area contributed by atoms with Gasteiger partial charge in [-0.15, -0.1) is 0 Å². The van der Waals surface area contributed by atoms with Crippen molar-refractivity contribution in [1.29, 1.82) is 5.26 Å². The SMILES string of the molecule is N#Cc1ccc2cc3c(ccc4c5ccoc5ccc34)cc2c1. The molecule has 0 aliphatic carbocycles. The van der Waals surface area contributed by atoms with E-state index in [9.17, 15) is 0 Å². The Morgan fingerprint density at radius 3 is 2.39 bits per heavy atom. The average Bonchev–Trinajstić information content (AvgIpc) is 3.08. The standard InChI is InChI=1S/C21H11NO/c22-12-13-1-2-14-11-20-15(10-16(14)9-13)3-4-17-18(20)5-6-21-19(17)7-8-23-21/h1-11H. The molecule has 0 saturated carbocycles. The van der Waals surface area contributed by atoms with E-state index >= 15 is 0 Å². The van der Waals surface area contributed by atoms with Gasteiger partial charge < -0.3 is 4.42 Å². The third kappa shape index (κ3) is 1.68. The molecule has 0 N–H and O–H groups in total. The zero-order chi connectivity index (χ0) is 15.4. The first kappa shape index (κ1) is 12.3. The van der Waals surface area contributed by atoms with Gasteiger partial charge in [0, 0.05) is 5.39 Å². The van der Waals surface area contributed by atoms with E-state index in [1.165, 1.54) is 21.5 Å². The first-order valence-corrected chi connectivity index (χ1v) is 7.50. The van der Waals surface area contributed by atoms with Crippen molar-refractivity contribution in [2.45, 2.75) is 0 Å². The molecular formula is C21H11NO. The monoisotopic (exact) mass is 293 g/mol. The minimum atomic E-state index is 0.692. The van der Waals surface area contributed by atoms with Gasteiger partial charge in [0.25, 0.3) is 0 Å². The molecule has 5 aromatic rings. The Morgan fingerprint density at radius 2 is 1.48 bits per heavy atom. The summed E-state index contributed by atoms with van der Waals surface area (Å²) in [6.45, 7) is 0. The molecule has 1 aromatic heterocycles. The van der Waals surface area contributed by atoms with Crippen molar-refractivity contribution in [2.75, 3.05) is 0 Å². The highest BCUT2D eigenvalue weighted by atomic mass is 16.3. The Balaban J connectivity index is 1.96. The first-order chi connectivity index (χ1) is 11.3. The zero-order valence-corrected chi connectivity index (χ0v) is 12.2. The van der Waals surface area contributed by atoms with Crippen LogP contribution in [-0.4, -0.2) is 0 Å². The smallest absolute Gasteiger partial charge is 0.134 e. The van der Waals surface area contributed by atoms with E-state index in [1.807, 2.05) is 30.3 Å². The van der Waals surface area contributed by atoms with E-state index in [1.54, 1.807) is 6.26 Å². The van der Waals surface area contributed by atoms with Crippen LogP contribution in [-0.2, 0) is 0 Å². The molecule has 0 radical (unpaired) electrons. The number of nitrogens with zero attached hydrogens (tertiary/aromatic N) is 1. The molecule has 0 unspecified atom stereocenters. The average molecular weight is 293 g/mol. The maximum absolute atomic E-state index is 9.07. The fraction of sp³-hybridized carbons (Fsp3) is 0. The van der Waals surface area contributed by atoms with Crippen molar-refractivity contribution in [3.63, 3.8) is 0 Å². The number of fused-ring (bicyclic) bond motifs is 6. The van der Waals surface area contributed by atoms with Gasteiger partial charge in [-0.1, -0.05) is 24.3 Å². The van der Waals surface area contributed by atoms with Crippen molar-refractivity contribution in [3.8, 4) is 6.07 Å². The van der Waals surface area contributed by atoms with E-state index < -0.39 is 0 Å². The zero-order valence-electron chi connectivity index (χ0n) is 12.2. The maximum atomic E-state index is 9.07. The van der Waals surface area contributed by atoms with Crippen LogP contribution in [0.15, 0.2) is 71.3 Å². The van der Waals surface area contributed by atoms with Gasteiger partial charge in [0.2, 0.25) is 0 Å².